The van der Waals surface area contributed by atoms with Gasteiger partial charge in [0.25, 0.3) is 0 Å². The molecule has 1 aliphatic carbocycles. The minimum atomic E-state index is -0.0502. The highest BCUT2D eigenvalue weighted by molar-refractivity contribution is 5.40. The largest absolute Gasteiger partial charge is 0.399 e. The summed E-state index contributed by atoms with van der Waals surface area (Å²) in [5, 5.41) is 9.22. The van der Waals surface area contributed by atoms with Crippen LogP contribution in [0.3, 0.4) is 0 Å². The molecular weight excluding hydrogens is 200 g/mol. The molecule has 1 aliphatic rings. The molecule has 0 heterocycles. The molecule has 0 bridgehead atoms. The van der Waals surface area contributed by atoms with Gasteiger partial charge in [0, 0.05) is 18.8 Å². The van der Waals surface area contributed by atoms with E-state index in [9.17, 15) is 5.11 Å². The van der Waals surface area contributed by atoms with E-state index in [1.54, 1.807) is 0 Å². The third-order valence-electron chi connectivity index (χ3n) is 3.18. The highest BCUT2D eigenvalue weighted by Crippen LogP contribution is 2.27. The first-order chi connectivity index (χ1) is 7.63. The molecule has 0 atom stereocenters. The Labute approximate surface area is 96.9 Å². The molecule has 0 aliphatic heterocycles. The van der Waals surface area contributed by atoms with Crippen LogP contribution in [0.2, 0.25) is 0 Å². The van der Waals surface area contributed by atoms with E-state index in [1.807, 2.05) is 18.2 Å². The monoisotopic (exact) mass is 220 g/mol. The number of benzene rings is 1. The molecule has 16 heavy (non-hydrogen) atoms. The normalized spacial score (nSPS) is 24.4. The SMILES string of the molecule is CN(Cc1cccc(N)c1)CC1CC(O)C1. The number of nitrogen functional groups attached to an aromatic ring is 1. The molecule has 0 unspecified atom stereocenters. The van der Waals surface area contributed by atoms with E-state index < -0.39 is 0 Å². The Morgan fingerprint density at radius 1 is 1.44 bits per heavy atom. The molecule has 2 rings (SSSR count). The Morgan fingerprint density at radius 2 is 2.19 bits per heavy atom. The van der Waals surface area contributed by atoms with E-state index in [4.69, 9.17) is 5.73 Å². The zero-order chi connectivity index (χ0) is 11.5. The lowest BCUT2D eigenvalue weighted by molar-refractivity contribution is 0.0274. The molecule has 88 valence electrons. The van der Waals surface area contributed by atoms with Crippen molar-refractivity contribution in [3.8, 4) is 0 Å². The summed E-state index contributed by atoms with van der Waals surface area (Å²) in [5.41, 5.74) is 7.82. The summed E-state index contributed by atoms with van der Waals surface area (Å²) < 4.78 is 0. The number of nitrogens with zero attached hydrogens (tertiary/aromatic N) is 1. The number of nitrogens with two attached hydrogens (primary N) is 1. The fourth-order valence-electron chi connectivity index (χ4n) is 2.36. The molecule has 3 heteroatoms. The highest BCUT2D eigenvalue weighted by atomic mass is 16.3. The van der Waals surface area contributed by atoms with Gasteiger partial charge in [0.15, 0.2) is 0 Å². The van der Waals surface area contributed by atoms with Crippen LogP contribution >= 0.6 is 0 Å². The summed E-state index contributed by atoms with van der Waals surface area (Å²) in [7, 11) is 2.12. The van der Waals surface area contributed by atoms with Gasteiger partial charge in [-0.3, -0.25) is 0 Å². The summed E-state index contributed by atoms with van der Waals surface area (Å²) in [6.45, 7) is 1.99. The number of hydrogen-bond donors (Lipinski definition) is 2. The Balaban J connectivity index is 1.80. The van der Waals surface area contributed by atoms with Crippen molar-refractivity contribution in [1.82, 2.24) is 4.90 Å². The Hall–Kier alpha value is -1.06. The maximum atomic E-state index is 9.22. The van der Waals surface area contributed by atoms with Gasteiger partial charge >= 0.3 is 0 Å². The highest BCUT2D eigenvalue weighted by Gasteiger charge is 2.27. The smallest absolute Gasteiger partial charge is 0.0546 e. The number of hydrogen-bond acceptors (Lipinski definition) is 3. The molecule has 1 aromatic rings. The Kier molecular flexibility index (Phi) is 3.46. The molecule has 0 saturated heterocycles. The van der Waals surface area contributed by atoms with Crippen LogP contribution < -0.4 is 5.73 Å². The second kappa shape index (κ2) is 4.85. The molecule has 1 saturated carbocycles. The van der Waals surface area contributed by atoms with E-state index in [0.29, 0.717) is 5.92 Å². The van der Waals surface area contributed by atoms with Crippen LogP contribution in [0.15, 0.2) is 24.3 Å². The summed E-state index contributed by atoms with van der Waals surface area (Å²) in [6.07, 6.45) is 1.87. The Bertz CT molecular complexity index is 348. The lowest BCUT2D eigenvalue weighted by Crippen LogP contribution is -2.36. The first-order valence-corrected chi connectivity index (χ1v) is 5.84. The molecule has 0 aromatic heterocycles. The topological polar surface area (TPSA) is 49.5 Å². The van der Waals surface area contributed by atoms with Gasteiger partial charge in [-0.05, 0) is 43.5 Å². The van der Waals surface area contributed by atoms with E-state index >= 15 is 0 Å². The van der Waals surface area contributed by atoms with Gasteiger partial charge in [-0.15, -0.1) is 0 Å². The van der Waals surface area contributed by atoms with Gasteiger partial charge in [-0.25, -0.2) is 0 Å². The maximum Gasteiger partial charge on any atom is 0.0546 e. The number of rotatable bonds is 4. The van der Waals surface area contributed by atoms with E-state index in [1.165, 1.54) is 5.56 Å². The first kappa shape index (κ1) is 11.4. The molecule has 1 fully saturated rings. The van der Waals surface area contributed by atoms with Crippen molar-refractivity contribution in [3.63, 3.8) is 0 Å². The zero-order valence-electron chi connectivity index (χ0n) is 9.76. The van der Waals surface area contributed by atoms with Crippen LogP contribution in [0, 0.1) is 5.92 Å². The maximum absolute atomic E-state index is 9.22. The van der Waals surface area contributed by atoms with Crippen LogP contribution in [-0.4, -0.2) is 29.7 Å². The van der Waals surface area contributed by atoms with E-state index in [2.05, 4.69) is 18.0 Å². The molecule has 0 spiro atoms. The van der Waals surface area contributed by atoms with E-state index in [-0.39, 0.29) is 6.10 Å². The molecule has 3 nitrogen and oxygen atoms in total. The zero-order valence-corrected chi connectivity index (χ0v) is 9.76. The van der Waals surface area contributed by atoms with Crippen molar-refractivity contribution < 1.29 is 5.11 Å². The van der Waals surface area contributed by atoms with Gasteiger partial charge in [-0.1, -0.05) is 12.1 Å². The predicted molar refractivity (Wildman–Crippen MR) is 65.9 cm³/mol. The first-order valence-electron chi connectivity index (χ1n) is 5.84. The minimum Gasteiger partial charge on any atom is -0.399 e. The number of aliphatic hydroxyl groups is 1. The molecule has 3 N–H and O–H groups in total. The van der Waals surface area contributed by atoms with Crippen LogP contribution in [0.1, 0.15) is 18.4 Å². The summed E-state index contributed by atoms with van der Waals surface area (Å²) in [6, 6.07) is 8.02. The second-order valence-corrected chi connectivity index (χ2v) is 4.93. The lowest BCUT2D eigenvalue weighted by Gasteiger charge is -2.34. The summed E-state index contributed by atoms with van der Waals surface area (Å²) in [4.78, 5) is 2.30. The van der Waals surface area contributed by atoms with Crippen molar-refractivity contribution in [2.75, 3.05) is 19.3 Å². The van der Waals surface area contributed by atoms with Gasteiger partial charge < -0.3 is 15.7 Å². The van der Waals surface area contributed by atoms with Gasteiger partial charge in [-0.2, -0.15) is 0 Å². The van der Waals surface area contributed by atoms with Crippen molar-refractivity contribution in [2.24, 2.45) is 5.92 Å². The number of aliphatic hydroxyl groups excluding tert-OH is 1. The van der Waals surface area contributed by atoms with Crippen LogP contribution in [0.25, 0.3) is 0 Å². The minimum absolute atomic E-state index is 0.0502. The van der Waals surface area contributed by atoms with Crippen molar-refractivity contribution in [1.29, 1.82) is 0 Å². The predicted octanol–water partition coefficient (Wildman–Crippen LogP) is 1.47. The van der Waals surface area contributed by atoms with Crippen molar-refractivity contribution in [2.45, 2.75) is 25.5 Å². The molecule has 0 amide bonds. The average molecular weight is 220 g/mol. The average Bonchev–Trinajstić information content (AvgIpc) is 2.15. The summed E-state index contributed by atoms with van der Waals surface area (Å²) in [5.74, 6) is 0.668. The van der Waals surface area contributed by atoms with Crippen LogP contribution in [-0.2, 0) is 6.54 Å². The van der Waals surface area contributed by atoms with Crippen LogP contribution in [0.5, 0.6) is 0 Å². The fourth-order valence-corrected chi connectivity index (χ4v) is 2.36. The summed E-state index contributed by atoms with van der Waals surface area (Å²) >= 11 is 0. The second-order valence-electron chi connectivity index (χ2n) is 4.93. The quantitative estimate of drug-likeness (QED) is 0.755. The Morgan fingerprint density at radius 3 is 2.81 bits per heavy atom. The molecule has 1 aromatic carbocycles. The fraction of sp³-hybridized carbons (Fsp3) is 0.538. The standard InChI is InChI=1S/C13H20N2O/c1-15(9-11-6-13(16)7-11)8-10-3-2-4-12(14)5-10/h2-5,11,13,16H,6-9,14H2,1H3. The molecular formula is C13H20N2O. The van der Waals surface area contributed by atoms with Crippen LogP contribution in [0.4, 0.5) is 5.69 Å². The lowest BCUT2D eigenvalue weighted by atomic mass is 9.82. The van der Waals surface area contributed by atoms with Gasteiger partial charge in [0.05, 0.1) is 6.10 Å². The third kappa shape index (κ3) is 2.97. The molecule has 0 radical (unpaired) electrons. The van der Waals surface area contributed by atoms with Gasteiger partial charge in [0.2, 0.25) is 0 Å². The van der Waals surface area contributed by atoms with Crippen molar-refractivity contribution >= 4 is 5.69 Å². The third-order valence-corrected chi connectivity index (χ3v) is 3.18. The van der Waals surface area contributed by atoms with E-state index in [0.717, 1.165) is 31.6 Å². The van der Waals surface area contributed by atoms with Gasteiger partial charge in [0.1, 0.15) is 0 Å². The number of anilines is 1. The van der Waals surface area contributed by atoms with Crippen molar-refractivity contribution in [3.05, 3.63) is 29.8 Å².